The zero-order chi connectivity index (χ0) is 13.1. The van der Waals surface area contributed by atoms with Gasteiger partial charge in [-0.15, -0.1) is 0 Å². The molecule has 0 spiro atoms. The van der Waals surface area contributed by atoms with Crippen LogP contribution >= 0.6 is 0 Å². The van der Waals surface area contributed by atoms with Gasteiger partial charge in [0.2, 0.25) is 5.91 Å². The molecule has 102 valence electrons. The molecule has 6 heteroatoms. The topological polar surface area (TPSA) is 72.9 Å². The minimum absolute atomic E-state index is 0.0728. The van der Waals surface area contributed by atoms with Crippen molar-refractivity contribution in [3.8, 4) is 0 Å². The van der Waals surface area contributed by atoms with E-state index in [2.05, 4.69) is 12.2 Å². The predicted octanol–water partition coefficient (Wildman–Crippen LogP) is -0.787. The first kappa shape index (κ1) is 13.3. The molecule has 2 atom stereocenters. The Morgan fingerprint density at radius 1 is 1.28 bits per heavy atom. The highest BCUT2D eigenvalue weighted by atomic mass is 16.4. The molecule has 0 aliphatic carbocycles. The zero-order valence-electron chi connectivity index (χ0n) is 10.8. The van der Waals surface area contributed by atoms with Crippen LogP contribution in [-0.4, -0.2) is 72.1 Å². The first-order chi connectivity index (χ1) is 8.58. The number of carboxylic acids is 1. The molecule has 0 radical (unpaired) electrons. The molecule has 2 heterocycles. The smallest absolute Gasteiger partial charge is 0.317 e. The van der Waals surface area contributed by atoms with Gasteiger partial charge in [-0.05, 0) is 19.9 Å². The molecule has 2 aliphatic rings. The number of rotatable bonds is 3. The van der Waals surface area contributed by atoms with Crippen LogP contribution in [0.1, 0.15) is 13.3 Å². The summed E-state index contributed by atoms with van der Waals surface area (Å²) in [6, 6.07) is 0.259. The SMILES string of the molecule is CC1NCCC1C(=O)N1CCN(CC(=O)O)CC1. The third-order valence-electron chi connectivity index (χ3n) is 3.89. The summed E-state index contributed by atoms with van der Waals surface area (Å²) < 4.78 is 0. The Balaban J connectivity index is 1.82. The van der Waals surface area contributed by atoms with Gasteiger partial charge < -0.3 is 15.3 Å². The molecule has 0 aromatic carbocycles. The summed E-state index contributed by atoms with van der Waals surface area (Å²) in [7, 11) is 0. The van der Waals surface area contributed by atoms with Crippen molar-refractivity contribution in [2.45, 2.75) is 19.4 Å². The van der Waals surface area contributed by atoms with E-state index in [1.54, 1.807) is 0 Å². The molecule has 0 aromatic heterocycles. The maximum Gasteiger partial charge on any atom is 0.317 e. The molecule has 0 saturated carbocycles. The summed E-state index contributed by atoms with van der Waals surface area (Å²) in [6.07, 6.45) is 0.912. The molecule has 2 aliphatic heterocycles. The summed E-state index contributed by atoms with van der Waals surface area (Å²) >= 11 is 0. The zero-order valence-corrected chi connectivity index (χ0v) is 10.8. The Kier molecular flexibility index (Phi) is 4.19. The van der Waals surface area contributed by atoms with E-state index in [0.717, 1.165) is 13.0 Å². The van der Waals surface area contributed by atoms with Crippen molar-refractivity contribution in [3.05, 3.63) is 0 Å². The van der Waals surface area contributed by atoms with Gasteiger partial charge >= 0.3 is 5.97 Å². The van der Waals surface area contributed by atoms with Gasteiger partial charge in [0.15, 0.2) is 0 Å². The largest absolute Gasteiger partial charge is 0.480 e. The maximum absolute atomic E-state index is 12.3. The molecule has 18 heavy (non-hydrogen) atoms. The van der Waals surface area contributed by atoms with Crippen molar-refractivity contribution in [2.75, 3.05) is 39.3 Å². The first-order valence-corrected chi connectivity index (χ1v) is 6.54. The fourth-order valence-corrected chi connectivity index (χ4v) is 2.75. The number of hydrogen-bond acceptors (Lipinski definition) is 4. The van der Waals surface area contributed by atoms with Crippen molar-refractivity contribution >= 4 is 11.9 Å². The number of carbonyl (C=O) groups is 2. The number of nitrogens with one attached hydrogen (secondary N) is 1. The van der Waals surface area contributed by atoms with Crippen LogP contribution in [0, 0.1) is 5.92 Å². The lowest BCUT2D eigenvalue weighted by Gasteiger charge is -2.35. The van der Waals surface area contributed by atoms with Crippen molar-refractivity contribution in [1.82, 2.24) is 15.1 Å². The number of amides is 1. The summed E-state index contributed by atoms with van der Waals surface area (Å²) in [5.41, 5.74) is 0. The summed E-state index contributed by atoms with van der Waals surface area (Å²) in [6.45, 7) is 5.65. The third-order valence-corrected chi connectivity index (χ3v) is 3.89. The van der Waals surface area contributed by atoms with E-state index in [4.69, 9.17) is 5.11 Å². The fraction of sp³-hybridized carbons (Fsp3) is 0.833. The van der Waals surface area contributed by atoms with Crippen LogP contribution in [0.25, 0.3) is 0 Å². The van der Waals surface area contributed by atoms with Crippen molar-refractivity contribution < 1.29 is 14.7 Å². The highest BCUT2D eigenvalue weighted by molar-refractivity contribution is 5.80. The lowest BCUT2D eigenvalue weighted by molar-refractivity contribution is -0.140. The van der Waals surface area contributed by atoms with Gasteiger partial charge in [-0.3, -0.25) is 14.5 Å². The van der Waals surface area contributed by atoms with Crippen LogP contribution in [0.3, 0.4) is 0 Å². The van der Waals surface area contributed by atoms with Gasteiger partial charge in [0.25, 0.3) is 0 Å². The normalized spacial score (nSPS) is 29.5. The van der Waals surface area contributed by atoms with E-state index in [0.29, 0.717) is 26.2 Å². The second kappa shape index (κ2) is 5.67. The Hall–Kier alpha value is -1.14. The lowest BCUT2D eigenvalue weighted by atomic mass is 10.00. The van der Waals surface area contributed by atoms with Crippen molar-refractivity contribution in [1.29, 1.82) is 0 Å². The van der Waals surface area contributed by atoms with Crippen LogP contribution in [0.2, 0.25) is 0 Å². The number of aliphatic carboxylic acids is 1. The quantitative estimate of drug-likeness (QED) is 0.691. The molecule has 2 rings (SSSR count). The molecule has 2 N–H and O–H groups in total. The number of hydrogen-bond donors (Lipinski definition) is 2. The van der Waals surface area contributed by atoms with E-state index < -0.39 is 5.97 Å². The Bertz CT molecular complexity index is 327. The van der Waals surface area contributed by atoms with Crippen LogP contribution in [0.4, 0.5) is 0 Å². The van der Waals surface area contributed by atoms with Gasteiger partial charge in [0.05, 0.1) is 12.5 Å². The van der Waals surface area contributed by atoms with Crippen LogP contribution in [-0.2, 0) is 9.59 Å². The minimum atomic E-state index is -0.802. The standard InChI is InChI=1S/C12H21N3O3/c1-9-10(2-3-13-9)12(18)15-6-4-14(5-7-15)8-11(16)17/h9-10,13H,2-8H2,1H3,(H,16,17). The monoisotopic (exact) mass is 255 g/mol. The molecule has 0 bridgehead atoms. The molecule has 0 aromatic rings. The molecule has 2 unspecified atom stereocenters. The number of carbonyl (C=O) groups excluding carboxylic acids is 1. The molecule has 6 nitrogen and oxygen atoms in total. The van der Waals surface area contributed by atoms with E-state index in [9.17, 15) is 9.59 Å². The number of nitrogens with zero attached hydrogens (tertiary/aromatic N) is 2. The van der Waals surface area contributed by atoms with E-state index in [-0.39, 0.29) is 24.4 Å². The van der Waals surface area contributed by atoms with E-state index in [1.807, 2.05) is 9.80 Å². The lowest BCUT2D eigenvalue weighted by Crippen LogP contribution is -2.52. The number of piperazine rings is 1. The second-order valence-corrected chi connectivity index (χ2v) is 5.13. The van der Waals surface area contributed by atoms with Gasteiger partial charge in [-0.1, -0.05) is 0 Å². The van der Waals surface area contributed by atoms with Gasteiger partial charge in [-0.25, -0.2) is 0 Å². The highest BCUT2D eigenvalue weighted by Crippen LogP contribution is 2.19. The van der Waals surface area contributed by atoms with Crippen molar-refractivity contribution in [3.63, 3.8) is 0 Å². The summed E-state index contributed by atoms with van der Waals surface area (Å²) in [5.74, 6) is -0.484. The van der Waals surface area contributed by atoms with Crippen molar-refractivity contribution in [2.24, 2.45) is 5.92 Å². The fourth-order valence-electron chi connectivity index (χ4n) is 2.75. The number of carboxylic acid groups (broad SMARTS) is 1. The average Bonchev–Trinajstić information content (AvgIpc) is 2.75. The third kappa shape index (κ3) is 3.00. The molecule has 1 amide bonds. The van der Waals surface area contributed by atoms with Gasteiger partial charge in [0.1, 0.15) is 0 Å². The van der Waals surface area contributed by atoms with E-state index >= 15 is 0 Å². The Morgan fingerprint density at radius 3 is 2.44 bits per heavy atom. The summed E-state index contributed by atoms with van der Waals surface area (Å²) in [4.78, 5) is 26.7. The molecule has 2 fully saturated rings. The van der Waals surface area contributed by atoms with Crippen LogP contribution in [0.15, 0.2) is 0 Å². The molecular weight excluding hydrogens is 234 g/mol. The Morgan fingerprint density at radius 2 is 1.94 bits per heavy atom. The van der Waals surface area contributed by atoms with Gasteiger partial charge in [-0.2, -0.15) is 0 Å². The summed E-state index contributed by atoms with van der Waals surface area (Å²) in [5, 5.41) is 12.0. The minimum Gasteiger partial charge on any atom is -0.480 e. The van der Waals surface area contributed by atoms with E-state index in [1.165, 1.54) is 0 Å². The second-order valence-electron chi connectivity index (χ2n) is 5.13. The van der Waals surface area contributed by atoms with Gasteiger partial charge in [0, 0.05) is 32.2 Å². The Labute approximate surface area is 107 Å². The highest BCUT2D eigenvalue weighted by Gasteiger charge is 2.33. The first-order valence-electron chi connectivity index (χ1n) is 6.54. The van der Waals surface area contributed by atoms with Crippen LogP contribution in [0.5, 0.6) is 0 Å². The molecule has 2 saturated heterocycles. The maximum atomic E-state index is 12.3. The average molecular weight is 255 g/mol. The molecular formula is C12H21N3O3. The predicted molar refractivity (Wildman–Crippen MR) is 66.2 cm³/mol. The van der Waals surface area contributed by atoms with Crippen LogP contribution < -0.4 is 5.32 Å².